The Hall–Kier alpha value is -1.52. The highest BCUT2D eigenvalue weighted by molar-refractivity contribution is 5.71. The Bertz CT molecular complexity index is 307. The second kappa shape index (κ2) is 2.51. The topological polar surface area (TPSA) is 67.2 Å². The van der Waals surface area contributed by atoms with Crippen molar-refractivity contribution in [1.29, 1.82) is 0 Å². The molecule has 0 amide bonds. The van der Waals surface area contributed by atoms with E-state index in [9.17, 15) is 4.79 Å². The molecule has 1 aromatic heterocycles. The number of rotatable bonds is 1. The molecule has 1 atom stereocenters. The molecule has 0 spiro atoms. The first-order valence-corrected chi connectivity index (χ1v) is 3.75. The van der Waals surface area contributed by atoms with E-state index < -0.39 is 5.97 Å². The molecule has 64 valence electrons. The summed E-state index contributed by atoms with van der Waals surface area (Å²) in [5, 5.41) is 11.7. The number of carbonyl (C=O) groups is 1. The molecule has 0 radical (unpaired) electrons. The third kappa shape index (κ3) is 1.03. The van der Waals surface area contributed by atoms with Crippen molar-refractivity contribution in [3.63, 3.8) is 0 Å². The van der Waals surface area contributed by atoms with E-state index in [0.717, 1.165) is 5.95 Å². The highest BCUT2D eigenvalue weighted by atomic mass is 16.4. The molecule has 0 saturated carbocycles. The van der Waals surface area contributed by atoms with Crippen LogP contribution >= 0.6 is 0 Å². The van der Waals surface area contributed by atoms with Gasteiger partial charge in [0.15, 0.2) is 0 Å². The second-order valence-corrected chi connectivity index (χ2v) is 2.82. The molecule has 0 bridgehead atoms. The van der Waals surface area contributed by atoms with E-state index in [1.165, 1.54) is 0 Å². The first-order valence-electron chi connectivity index (χ1n) is 3.75. The van der Waals surface area contributed by atoms with Gasteiger partial charge in [0.2, 0.25) is 5.95 Å². The van der Waals surface area contributed by atoms with Gasteiger partial charge in [0.05, 0.1) is 5.92 Å². The summed E-state index contributed by atoms with van der Waals surface area (Å²) in [6.45, 7) is 0.976. The summed E-state index contributed by atoms with van der Waals surface area (Å²) in [4.78, 5) is 14.6. The van der Waals surface area contributed by atoms with Gasteiger partial charge in [-0.3, -0.25) is 4.79 Å². The normalized spacial score (nSPS) is 21.2. The second-order valence-electron chi connectivity index (χ2n) is 2.82. The molecule has 0 aromatic carbocycles. The summed E-state index contributed by atoms with van der Waals surface area (Å²) >= 11 is 0. The number of aromatic nitrogens is 2. The first kappa shape index (κ1) is 7.15. The molecule has 0 fully saturated rings. The smallest absolute Gasteiger partial charge is 0.310 e. The van der Waals surface area contributed by atoms with Crippen LogP contribution in [0, 0.1) is 5.92 Å². The average Bonchev–Trinajstić information content (AvgIpc) is 2.49. The lowest BCUT2D eigenvalue weighted by molar-refractivity contribution is -0.141. The molecule has 1 unspecified atom stereocenters. The molecule has 0 saturated heterocycles. The Kier molecular flexibility index (Phi) is 1.49. The maximum absolute atomic E-state index is 10.6. The van der Waals surface area contributed by atoms with Crippen LogP contribution in [0.5, 0.6) is 0 Å². The van der Waals surface area contributed by atoms with Crippen molar-refractivity contribution in [2.45, 2.75) is 6.54 Å². The zero-order valence-electron chi connectivity index (χ0n) is 6.40. The van der Waals surface area contributed by atoms with Gasteiger partial charge in [-0.05, 0) is 0 Å². The lowest BCUT2D eigenvalue weighted by Gasteiger charge is -2.21. The molecular weight excluding hydrogens is 158 g/mol. The number of carboxylic acids is 1. The van der Waals surface area contributed by atoms with Crippen LogP contribution in [0.2, 0.25) is 0 Å². The van der Waals surface area contributed by atoms with Crippen LogP contribution in [0.1, 0.15) is 0 Å². The highest BCUT2D eigenvalue weighted by Gasteiger charge is 2.23. The van der Waals surface area contributed by atoms with Gasteiger partial charge in [0.1, 0.15) is 0 Å². The van der Waals surface area contributed by atoms with Crippen LogP contribution < -0.4 is 5.32 Å². The van der Waals surface area contributed by atoms with E-state index in [1.54, 1.807) is 12.4 Å². The van der Waals surface area contributed by atoms with Crippen molar-refractivity contribution < 1.29 is 9.90 Å². The number of hydrogen-bond acceptors (Lipinski definition) is 3. The van der Waals surface area contributed by atoms with Crippen molar-refractivity contribution in [3.8, 4) is 0 Å². The number of carboxylic acid groups (broad SMARTS) is 1. The van der Waals surface area contributed by atoms with Gasteiger partial charge in [0.25, 0.3) is 0 Å². The quantitative estimate of drug-likeness (QED) is 0.618. The molecule has 2 heterocycles. The summed E-state index contributed by atoms with van der Waals surface area (Å²) in [5.41, 5.74) is 0. The third-order valence-corrected chi connectivity index (χ3v) is 1.99. The number of anilines is 1. The van der Waals surface area contributed by atoms with Crippen molar-refractivity contribution in [2.24, 2.45) is 5.92 Å². The van der Waals surface area contributed by atoms with Gasteiger partial charge in [-0.1, -0.05) is 0 Å². The number of aliphatic carboxylic acids is 1. The Morgan fingerprint density at radius 3 is 3.42 bits per heavy atom. The number of nitrogens with zero attached hydrogens (tertiary/aromatic N) is 2. The van der Waals surface area contributed by atoms with Crippen molar-refractivity contribution in [3.05, 3.63) is 12.4 Å². The van der Waals surface area contributed by atoms with Gasteiger partial charge in [-0.2, -0.15) is 0 Å². The van der Waals surface area contributed by atoms with Crippen LogP contribution in [0.4, 0.5) is 5.95 Å². The molecule has 12 heavy (non-hydrogen) atoms. The first-order chi connectivity index (χ1) is 5.77. The summed E-state index contributed by atoms with van der Waals surface area (Å²) in [5.74, 6) is -0.346. The fourth-order valence-corrected chi connectivity index (χ4v) is 1.31. The zero-order chi connectivity index (χ0) is 8.55. The van der Waals surface area contributed by atoms with E-state index in [-0.39, 0.29) is 5.92 Å². The molecular formula is C7H9N3O2. The Labute approximate surface area is 69.0 Å². The predicted octanol–water partition coefficient (Wildman–Crippen LogP) is 0.00940. The van der Waals surface area contributed by atoms with E-state index in [2.05, 4.69) is 10.3 Å². The Morgan fingerprint density at radius 1 is 1.83 bits per heavy atom. The van der Waals surface area contributed by atoms with E-state index in [1.807, 2.05) is 4.57 Å². The molecule has 2 N–H and O–H groups in total. The number of imidazole rings is 1. The standard InChI is InChI=1S/C7H9N3O2/c11-6(12)5-3-9-7-8-1-2-10(7)4-5/h1-2,5H,3-4H2,(H,8,9)(H,11,12). The van der Waals surface area contributed by atoms with Gasteiger partial charge in [-0.15, -0.1) is 0 Å². The van der Waals surface area contributed by atoms with Crippen molar-refractivity contribution >= 4 is 11.9 Å². The van der Waals surface area contributed by atoms with Gasteiger partial charge in [-0.25, -0.2) is 4.98 Å². The summed E-state index contributed by atoms with van der Waals surface area (Å²) in [6, 6.07) is 0. The maximum Gasteiger partial charge on any atom is 0.310 e. The molecule has 2 rings (SSSR count). The number of fused-ring (bicyclic) bond motifs is 1. The number of nitrogens with one attached hydrogen (secondary N) is 1. The molecule has 1 aliphatic heterocycles. The minimum atomic E-state index is -0.762. The Morgan fingerprint density at radius 2 is 2.67 bits per heavy atom. The van der Waals surface area contributed by atoms with Crippen LogP contribution in [-0.4, -0.2) is 27.2 Å². The number of hydrogen-bond donors (Lipinski definition) is 2. The van der Waals surface area contributed by atoms with Crippen LogP contribution in [-0.2, 0) is 11.3 Å². The van der Waals surface area contributed by atoms with E-state index in [0.29, 0.717) is 13.1 Å². The lowest BCUT2D eigenvalue weighted by atomic mass is 10.1. The Balaban J connectivity index is 2.20. The summed E-state index contributed by atoms with van der Waals surface area (Å²) in [7, 11) is 0. The molecule has 0 aliphatic carbocycles. The van der Waals surface area contributed by atoms with E-state index in [4.69, 9.17) is 5.11 Å². The minimum absolute atomic E-state index is 0.341. The maximum atomic E-state index is 10.6. The SMILES string of the molecule is O=C(O)C1CNc2nccn2C1. The molecule has 5 heteroatoms. The van der Waals surface area contributed by atoms with Crippen LogP contribution in [0.15, 0.2) is 12.4 Å². The predicted molar refractivity (Wildman–Crippen MR) is 41.8 cm³/mol. The molecule has 5 nitrogen and oxygen atoms in total. The molecule has 1 aromatic rings. The van der Waals surface area contributed by atoms with Crippen molar-refractivity contribution in [2.75, 3.05) is 11.9 Å². The lowest BCUT2D eigenvalue weighted by Crippen LogP contribution is -2.32. The zero-order valence-corrected chi connectivity index (χ0v) is 6.40. The van der Waals surface area contributed by atoms with Gasteiger partial charge in [0, 0.05) is 25.5 Å². The largest absolute Gasteiger partial charge is 0.481 e. The monoisotopic (exact) mass is 167 g/mol. The minimum Gasteiger partial charge on any atom is -0.481 e. The van der Waals surface area contributed by atoms with Crippen LogP contribution in [0.3, 0.4) is 0 Å². The van der Waals surface area contributed by atoms with E-state index >= 15 is 0 Å². The summed E-state index contributed by atoms with van der Waals surface area (Å²) < 4.78 is 1.81. The fraction of sp³-hybridized carbons (Fsp3) is 0.429. The highest BCUT2D eigenvalue weighted by Crippen LogP contribution is 2.15. The van der Waals surface area contributed by atoms with Crippen LogP contribution in [0.25, 0.3) is 0 Å². The molecule has 1 aliphatic rings. The average molecular weight is 167 g/mol. The van der Waals surface area contributed by atoms with Gasteiger partial charge < -0.3 is 15.0 Å². The fourth-order valence-electron chi connectivity index (χ4n) is 1.31. The van der Waals surface area contributed by atoms with Gasteiger partial charge >= 0.3 is 5.97 Å². The third-order valence-electron chi connectivity index (χ3n) is 1.99. The summed E-state index contributed by atoms with van der Waals surface area (Å²) in [6.07, 6.45) is 3.43. The van der Waals surface area contributed by atoms with Crippen molar-refractivity contribution in [1.82, 2.24) is 9.55 Å².